The highest BCUT2D eigenvalue weighted by Gasteiger charge is 2.29. The fraction of sp³-hybridized carbons (Fsp3) is 0.240. The lowest BCUT2D eigenvalue weighted by molar-refractivity contribution is -0.116. The number of hydrogen-bond acceptors (Lipinski definition) is 3. The molecule has 0 saturated carbocycles. The Bertz CT molecular complexity index is 1300. The third-order valence-electron chi connectivity index (χ3n) is 5.35. The number of halogens is 3. The Labute approximate surface area is 203 Å². The second-order valence-electron chi connectivity index (χ2n) is 8.90. The van der Waals surface area contributed by atoms with Crippen molar-refractivity contribution < 1.29 is 22.0 Å². The van der Waals surface area contributed by atoms with E-state index in [2.05, 4.69) is 0 Å². The molecule has 3 rings (SSSR count). The highest BCUT2D eigenvalue weighted by atomic mass is 35.5. The van der Waals surface area contributed by atoms with Crippen LogP contribution in [0.25, 0.3) is 0 Å². The molecule has 3 aromatic carbocycles. The number of sulfonamides is 1. The summed E-state index contributed by atoms with van der Waals surface area (Å²) in [6.45, 7) is 5.32. The van der Waals surface area contributed by atoms with Crippen LogP contribution in [0.15, 0.2) is 65.6 Å². The Hall–Kier alpha value is -2.97. The van der Waals surface area contributed by atoms with Crippen LogP contribution in [0.2, 0.25) is 5.02 Å². The van der Waals surface area contributed by atoms with Crippen molar-refractivity contribution in [3.63, 3.8) is 0 Å². The second kappa shape index (κ2) is 9.72. The third-order valence-corrected chi connectivity index (χ3v) is 7.36. The summed E-state index contributed by atoms with van der Waals surface area (Å²) in [4.78, 5) is 11.8. The van der Waals surface area contributed by atoms with E-state index in [4.69, 9.17) is 17.3 Å². The van der Waals surface area contributed by atoms with E-state index >= 15 is 0 Å². The van der Waals surface area contributed by atoms with Gasteiger partial charge in [-0.05, 0) is 59.0 Å². The lowest BCUT2D eigenvalue weighted by Gasteiger charge is -2.26. The van der Waals surface area contributed by atoms with Crippen LogP contribution in [-0.2, 0) is 26.7 Å². The minimum Gasteiger partial charge on any atom is -0.368 e. The summed E-state index contributed by atoms with van der Waals surface area (Å²) >= 11 is 6.12. The quantitative estimate of drug-likeness (QED) is 0.479. The highest BCUT2D eigenvalue weighted by molar-refractivity contribution is 7.92. The van der Waals surface area contributed by atoms with E-state index in [1.54, 1.807) is 12.1 Å². The monoisotopic (exact) mass is 506 g/mol. The van der Waals surface area contributed by atoms with Crippen molar-refractivity contribution in [1.82, 2.24) is 0 Å². The standard InChI is InChI=1S/C25H25ClF2N2O3S/c1-25(2,3)17-7-10-19(11-8-17)34(32,33)30(15-24(29)31)23-12-9-18(26)13-16(23)14-20-21(27)5-4-6-22(20)28/h4-13H,14-15H2,1-3H3,(H2,29,31). The molecule has 0 aliphatic rings. The van der Waals surface area contributed by atoms with E-state index in [0.29, 0.717) is 0 Å². The average Bonchev–Trinajstić information content (AvgIpc) is 2.74. The number of amides is 1. The molecule has 0 radical (unpaired) electrons. The summed E-state index contributed by atoms with van der Waals surface area (Å²) in [6, 6.07) is 14.0. The Morgan fingerprint density at radius 1 is 1.00 bits per heavy atom. The molecule has 0 spiro atoms. The van der Waals surface area contributed by atoms with Crippen molar-refractivity contribution in [2.24, 2.45) is 5.73 Å². The fourth-order valence-corrected chi connectivity index (χ4v) is 5.19. The molecule has 3 aromatic rings. The smallest absolute Gasteiger partial charge is 0.264 e. The van der Waals surface area contributed by atoms with E-state index in [-0.39, 0.29) is 38.6 Å². The largest absolute Gasteiger partial charge is 0.368 e. The average molecular weight is 507 g/mol. The zero-order valence-corrected chi connectivity index (χ0v) is 20.6. The van der Waals surface area contributed by atoms with Crippen molar-refractivity contribution in [3.05, 3.63) is 94.0 Å². The first-order valence-electron chi connectivity index (χ1n) is 10.4. The summed E-state index contributed by atoms with van der Waals surface area (Å²) in [6.07, 6.45) is -0.290. The summed E-state index contributed by atoms with van der Waals surface area (Å²) in [5.41, 5.74) is 6.12. The van der Waals surface area contributed by atoms with Gasteiger partial charge in [-0.3, -0.25) is 9.10 Å². The number of rotatable bonds is 7. The first-order chi connectivity index (χ1) is 15.8. The molecular weight excluding hydrogens is 482 g/mol. The zero-order chi connectivity index (χ0) is 25.3. The number of primary amides is 1. The van der Waals surface area contributed by atoms with Crippen LogP contribution in [0.1, 0.15) is 37.5 Å². The van der Waals surface area contributed by atoms with E-state index in [0.717, 1.165) is 22.0 Å². The Kier molecular flexibility index (Phi) is 7.33. The van der Waals surface area contributed by atoms with Gasteiger partial charge in [0.25, 0.3) is 10.0 Å². The predicted octanol–water partition coefficient (Wildman–Crippen LogP) is 5.19. The van der Waals surface area contributed by atoms with Gasteiger partial charge in [0, 0.05) is 17.0 Å². The number of nitrogens with zero attached hydrogens (tertiary/aromatic N) is 1. The number of hydrogen-bond donors (Lipinski definition) is 1. The van der Waals surface area contributed by atoms with Crippen LogP contribution in [0.5, 0.6) is 0 Å². The molecule has 0 aliphatic heterocycles. The number of nitrogens with two attached hydrogens (primary N) is 1. The van der Waals surface area contributed by atoms with Crippen LogP contribution in [-0.4, -0.2) is 20.9 Å². The molecule has 0 unspecified atom stereocenters. The maximum Gasteiger partial charge on any atom is 0.264 e. The Morgan fingerprint density at radius 2 is 1.59 bits per heavy atom. The number of benzene rings is 3. The van der Waals surface area contributed by atoms with Gasteiger partial charge >= 0.3 is 0 Å². The number of anilines is 1. The Morgan fingerprint density at radius 3 is 2.12 bits per heavy atom. The molecular formula is C25H25ClF2N2O3S. The van der Waals surface area contributed by atoms with E-state index in [9.17, 15) is 22.0 Å². The minimum absolute atomic E-state index is 0.0470. The minimum atomic E-state index is -4.26. The summed E-state index contributed by atoms with van der Waals surface area (Å²) in [5, 5.41) is 0.237. The maximum atomic E-state index is 14.3. The molecule has 180 valence electrons. The number of carbonyl (C=O) groups excluding carboxylic acids is 1. The van der Waals surface area contributed by atoms with Crippen LogP contribution >= 0.6 is 11.6 Å². The van der Waals surface area contributed by atoms with E-state index in [1.165, 1.54) is 36.4 Å². The number of carbonyl (C=O) groups is 1. The van der Waals surface area contributed by atoms with Gasteiger partial charge in [-0.1, -0.05) is 50.6 Å². The summed E-state index contributed by atoms with van der Waals surface area (Å²) < 4.78 is 56.7. The highest BCUT2D eigenvalue weighted by Crippen LogP contribution is 2.32. The van der Waals surface area contributed by atoms with Crippen LogP contribution in [0.4, 0.5) is 14.5 Å². The lowest BCUT2D eigenvalue weighted by Crippen LogP contribution is -2.39. The van der Waals surface area contributed by atoms with E-state index < -0.39 is 34.1 Å². The van der Waals surface area contributed by atoms with Crippen LogP contribution in [0, 0.1) is 11.6 Å². The molecule has 2 N–H and O–H groups in total. The zero-order valence-electron chi connectivity index (χ0n) is 19.0. The molecule has 34 heavy (non-hydrogen) atoms. The second-order valence-corrected chi connectivity index (χ2v) is 11.2. The maximum absolute atomic E-state index is 14.3. The SMILES string of the molecule is CC(C)(C)c1ccc(S(=O)(=O)N(CC(N)=O)c2ccc(Cl)cc2Cc2c(F)cccc2F)cc1. The van der Waals surface area contributed by atoms with Crippen molar-refractivity contribution in [1.29, 1.82) is 0 Å². The van der Waals surface area contributed by atoms with Gasteiger partial charge in [0.15, 0.2) is 0 Å². The third kappa shape index (κ3) is 5.56. The first kappa shape index (κ1) is 25.6. The van der Waals surface area contributed by atoms with Crippen LogP contribution < -0.4 is 10.0 Å². The van der Waals surface area contributed by atoms with Crippen molar-refractivity contribution in [2.45, 2.75) is 37.5 Å². The van der Waals surface area contributed by atoms with Crippen molar-refractivity contribution in [3.8, 4) is 0 Å². The van der Waals surface area contributed by atoms with Gasteiger partial charge in [-0.2, -0.15) is 0 Å². The fourth-order valence-electron chi connectivity index (χ4n) is 3.53. The predicted molar refractivity (Wildman–Crippen MR) is 129 cm³/mol. The summed E-state index contributed by atoms with van der Waals surface area (Å²) in [7, 11) is -4.26. The van der Waals surface area contributed by atoms with E-state index in [1.807, 2.05) is 20.8 Å². The molecule has 5 nitrogen and oxygen atoms in total. The molecule has 1 amide bonds. The van der Waals surface area contributed by atoms with Gasteiger partial charge in [0.2, 0.25) is 5.91 Å². The Balaban J connectivity index is 2.14. The normalized spacial score (nSPS) is 11.9. The molecule has 0 heterocycles. The molecule has 0 saturated heterocycles. The molecule has 0 atom stereocenters. The van der Waals surface area contributed by atoms with Crippen molar-refractivity contribution in [2.75, 3.05) is 10.8 Å². The first-order valence-corrected chi connectivity index (χ1v) is 12.3. The molecule has 0 fully saturated rings. The lowest BCUT2D eigenvalue weighted by atomic mass is 9.87. The summed E-state index contributed by atoms with van der Waals surface area (Å²) in [5.74, 6) is -2.46. The van der Waals surface area contributed by atoms with Gasteiger partial charge in [-0.25, -0.2) is 17.2 Å². The molecule has 0 aliphatic carbocycles. The van der Waals surface area contributed by atoms with Gasteiger partial charge in [0.05, 0.1) is 10.6 Å². The van der Waals surface area contributed by atoms with Crippen molar-refractivity contribution >= 4 is 33.2 Å². The molecule has 9 heteroatoms. The van der Waals surface area contributed by atoms with Crippen LogP contribution in [0.3, 0.4) is 0 Å². The topological polar surface area (TPSA) is 80.5 Å². The molecule has 0 bridgehead atoms. The van der Waals surface area contributed by atoms with Gasteiger partial charge in [-0.15, -0.1) is 0 Å². The van der Waals surface area contributed by atoms with Gasteiger partial charge in [0.1, 0.15) is 18.2 Å². The van der Waals surface area contributed by atoms with Gasteiger partial charge < -0.3 is 5.73 Å². The molecule has 0 aromatic heterocycles.